The number of carbonyl (C=O) groups excluding carboxylic acids is 2. The Kier molecular flexibility index (Phi) is 6.56. The first kappa shape index (κ1) is 22.4. The van der Waals surface area contributed by atoms with Crippen LogP contribution in [0, 0.1) is 5.92 Å². The summed E-state index contributed by atoms with van der Waals surface area (Å²) < 4.78 is 5.75. The van der Waals surface area contributed by atoms with Crippen molar-refractivity contribution >= 4 is 29.0 Å². The van der Waals surface area contributed by atoms with Crippen molar-refractivity contribution in [2.24, 2.45) is 5.92 Å². The summed E-state index contributed by atoms with van der Waals surface area (Å²) in [7, 11) is 0. The fourth-order valence-corrected chi connectivity index (χ4v) is 4.52. The van der Waals surface area contributed by atoms with Crippen molar-refractivity contribution in [3.05, 3.63) is 70.4 Å². The molecule has 0 radical (unpaired) electrons. The highest BCUT2D eigenvalue weighted by Crippen LogP contribution is 2.35. The molecule has 0 aromatic heterocycles. The summed E-state index contributed by atoms with van der Waals surface area (Å²) >= 11 is 6.00. The van der Waals surface area contributed by atoms with E-state index in [1.54, 1.807) is 12.1 Å². The molecule has 1 fully saturated rings. The lowest BCUT2D eigenvalue weighted by atomic mass is 9.97. The van der Waals surface area contributed by atoms with Gasteiger partial charge < -0.3 is 9.64 Å². The summed E-state index contributed by atoms with van der Waals surface area (Å²) in [4.78, 5) is 30.5. The lowest BCUT2D eigenvalue weighted by Crippen LogP contribution is -2.39. The number of hydrogen-bond acceptors (Lipinski definition) is 4. The molecule has 0 saturated carbocycles. The molecule has 1 unspecified atom stereocenters. The predicted octanol–water partition coefficient (Wildman–Crippen LogP) is 5.14. The topological polar surface area (TPSA) is 49.9 Å². The molecule has 0 bridgehead atoms. The van der Waals surface area contributed by atoms with Gasteiger partial charge in [0, 0.05) is 18.1 Å². The summed E-state index contributed by atoms with van der Waals surface area (Å²) in [6.07, 6.45) is 2.21. The maximum Gasteiger partial charge on any atom is 0.278 e. The van der Waals surface area contributed by atoms with E-state index in [-0.39, 0.29) is 24.5 Å². The largest absolute Gasteiger partial charge is 0.491 e. The van der Waals surface area contributed by atoms with E-state index in [2.05, 4.69) is 11.8 Å². The van der Waals surface area contributed by atoms with Gasteiger partial charge in [-0.2, -0.15) is 0 Å². The fraction of sp³-hybridized carbons (Fsp3) is 0.385. The minimum Gasteiger partial charge on any atom is -0.491 e. The second-order valence-corrected chi connectivity index (χ2v) is 9.37. The Balaban J connectivity index is 1.70. The van der Waals surface area contributed by atoms with E-state index in [1.165, 1.54) is 4.90 Å². The molecule has 32 heavy (non-hydrogen) atoms. The number of imide groups is 1. The van der Waals surface area contributed by atoms with Crippen molar-refractivity contribution in [2.45, 2.75) is 46.3 Å². The molecular weight excluding hydrogens is 424 g/mol. The van der Waals surface area contributed by atoms with Gasteiger partial charge in [0.1, 0.15) is 11.4 Å². The number of rotatable bonds is 6. The van der Waals surface area contributed by atoms with Crippen molar-refractivity contribution in [1.29, 1.82) is 0 Å². The molecule has 0 spiro atoms. The van der Waals surface area contributed by atoms with Gasteiger partial charge in [-0.3, -0.25) is 14.5 Å². The van der Waals surface area contributed by atoms with Crippen LogP contribution < -0.4 is 4.74 Å². The predicted molar refractivity (Wildman–Crippen MR) is 126 cm³/mol. The second-order valence-electron chi connectivity index (χ2n) is 8.93. The molecule has 6 heteroatoms. The van der Waals surface area contributed by atoms with Crippen LogP contribution in [0.2, 0.25) is 5.02 Å². The van der Waals surface area contributed by atoms with Crippen LogP contribution in [-0.4, -0.2) is 40.8 Å². The van der Waals surface area contributed by atoms with Crippen LogP contribution in [0.4, 0.5) is 0 Å². The van der Waals surface area contributed by atoms with Gasteiger partial charge in [-0.05, 0) is 68.0 Å². The van der Waals surface area contributed by atoms with Crippen LogP contribution in [0.25, 0.3) is 5.57 Å². The number of nitrogens with zero attached hydrogens (tertiary/aromatic N) is 2. The van der Waals surface area contributed by atoms with Crippen LogP contribution in [0.5, 0.6) is 5.75 Å². The Bertz CT molecular complexity index is 1030. The van der Waals surface area contributed by atoms with E-state index in [0.29, 0.717) is 22.2 Å². The third-order valence-electron chi connectivity index (χ3n) is 5.89. The zero-order valence-corrected chi connectivity index (χ0v) is 19.6. The van der Waals surface area contributed by atoms with Crippen LogP contribution in [0.3, 0.4) is 0 Å². The molecule has 2 heterocycles. The van der Waals surface area contributed by atoms with Gasteiger partial charge in [0.2, 0.25) is 0 Å². The summed E-state index contributed by atoms with van der Waals surface area (Å²) in [6.45, 7) is 7.92. The van der Waals surface area contributed by atoms with E-state index >= 15 is 0 Å². The first-order valence-corrected chi connectivity index (χ1v) is 11.6. The highest BCUT2D eigenvalue weighted by Gasteiger charge is 2.42. The lowest BCUT2D eigenvalue weighted by Gasteiger charge is -2.33. The number of benzene rings is 2. The number of amides is 2. The van der Waals surface area contributed by atoms with Gasteiger partial charge in [0.15, 0.2) is 0 Å². The third kappa shape index (κ3) is 4.68. The monoisotopic (exact) mass is 452 g/mol. The highest BCUT2D eigenvalue weighted by molar-refractivity contribution is 6.35. The van der Waals surface area contributed by atoms with Gasteiger partial charge in [0.05, 0.1) is 18.2 Å². The average molecular weight is 453 g/mol. The molecule has 0 aliphatic carbocycles. The molecule has 0 N–H and O–H groups in total. The zero-order valence-electron chi connectivity index (χ0n) is 18.8. The molecule has 4 rings (SSSR count). The quantitative estimate of drug-likeness (QED) is 0.569. The van der Waals surface area contributed by atoms with Gasteiger partial charge in [0.25, 0.3) is 11.8 Å². The third-order valence-corrected chi connectivity index (χ3v) is 6.14. The maximum absolute atomic E-state index is 13.5. The van der Waals surface area contributed by atoms with Crippen molar-refractivity contribution < 1.29 is 14.3 Å². The van der Waals surface area contributed by atoms with E-state index in [0.717, 1.165) is 42.8 Å². The molecule has 168 valence electrons. The fourth-order valence-electron chi connectivity index (χ4n) is 4.40. The standard InChI is InChI=1S/C26H29ClN2O3/c1-17(2)32-22-12-8-20(9-13-22)23-24(28-14-4-5-18(3)15-28)26(31)29(25(23)30)16-19-6-10-21(27)11-7-19/h6-13,17-18H,4-5,14-16H2,1-3H3. The Hall–Kier alpha value is -2.79. The van der Waals surface area contributed by atoms with Gasteiger partial charge in [-0.1, -0.05) is 42.8 Å². The number of piperidine rings is 1. The minimum absolute atomic E-state index is 0.0648. The Morgan fingerprint density at radius 3 is 2.34 bits per heavy atom. The number of halogens is 1. The molecule has 2 aromatic carbocycles. The molecular formula is C26H29ClN2O3. The van der Waals surface area contributed by atoms with E-state index in [9.17, 15) is 9.59 Å². The maximum atomic E-state index is 13.5. The molecule has 2 aliphatic heterocycles. The summed E-state index contributed by atoms with van der Waals surface area (Å²) in [5.74, 6) is 0.743. The Morgan fingerprint density at radius 2 is 1.72 bits per heavy atom. The summed E-state index contributed by atoms with van der Waals surface area (Å²) in [5, 5.41) is 0.623. The van der Waals surface area contributed by atoms with Crippen molar-refractivity contribution in [3.63, 3.8) is 0 Å². The minimum atomic E-state index is -0.254. The molecule has 2 amide bonds. The molecule has 5 nitrogen and oxygen atoms in total. The van der Waals surface area contributed by atoms with Gasteiger partial charge >= 0.3 is 0 Å². The van der Waals surface area contributed by atoms with Crippen molar-refractivity contribution in [3.8, 4) is 5.75 Å². The van der Waals surface area contributed by atoms with Crippen LogP contribution >= 0.6 is 11.6 Å². The molecule has 2 aromatic rings. The number of hydrogen-bond donors (Lipinski definition) is 0. The highest BCUT2D eigenvalue weighted by atomic mass is 35.5. The second kappa shape index (κ2) is 9.37. The van der Waals surface area contributed by atoms with E-state index in [1.807, 2.05) is 50.2 Å². The van der Waals surface area contributed by atoms with Crippen LogP contribution in [-0.2, 0) is 16.1 Å². The van der Waals surface area contributed by atoms with E-state index < -0.39 is 0 Å². The Morgan fingerprint density at radius 1 is 1.03 bits per heavy atom. The first-order chi connectivity index (χ1) is 15.3. The number of likely N-dealkylation sites (tertiary alicyclic amines) is 1. The van der Waals surface area contributed by atoms with Crippen LogP contribution in [0.15, 0.2) is 54.2 Å². The number of ether oxygens (including phenoxy) is 1. The average Bonchev–Trinajstić information content (AvgIpc) is 3.00. The molecule has 1 atom stereocenters. The summed E-state index contributed by atoms with van der Waals surface area (Å²) in [5.41, 5.74) is 2.61. The SMILES string of the molecule is CC1CCCN(C2=C(c3ccc(OC(C)C)cc3)C(=O)N(Cc3ccc(Cl)cc3)C2=O)C1. The molecule has 1 saturated heterocycles. The summed E-state index contributed by atoms with van der Waals surface area (Å²) in [6, 6.07) is 14.7. The van der Waals surface area contributed by atoms with Crippen LogP contribution in [0.1, 0.15) is 44.7 Å². The molecule has 2 aliphatic rings. The van der Waals surface area contributed by atoms with Crippen molar-refractivity contribution in [2.75, 3.05) is 13.1 Å². The Labute approximate surface area is 194 Å². The smallest absolute Gasteiger partial charge is 0.278 e. The first-order valence-electron chi connectivity index (χ1n) is 11.2. The zero-order chi connectivity index (χ0) is 22.8. The normalized spacial score (nSPS) is 19.3. The van der Waals surface area contributed by atoms with Gasteiger partial charge in [-0.15, -0.1) is 0 Å². The number of carbonyl (C=O) groups is 2. The van der Waals surface area contributed by atoms with Gasteiger partial charge in [-0.25, -0.2) is 0 Å². The van der Waals surface area contributed by atoms with E-state index in [4.69, 9.17) is 16.3 Å². The van der Waals surface area contributed by atoms with Crippen molar-refractivity contribution in [1.82, 2.24) is 9.80 Å². The lowest BCUT2D eigenvalue weighted by molar-refractivity contribution is -0.138.